The highest BCUT2D eigenvalue weighted by Crippen LogP contribution is 2.69. The zero-order chi connectivity index (χ0) is 40.1. The van der Waals surface area contributed by atoms with Crippen LogP contribution in [0.5, 0.6) is 0 Å². The molecule has 0 radical (unpaired) electrons. The minimum Gasteiger partial charge on any atom is -0.310 e. The first-order valence-corrected chi connectivity index (χ1v) is 23.5. The second-order valence-electron chi connectivity index (χ2n) is 21.2. The molecule has 0 unspecified atom stereocenters. The highest BCUT2D eigenvalue weighted by atomic mass is 32.2. The molecule has 0 aromatic heterocycles. The van der Waals surface area contributed by atoms with Gasteiger partial charge in [0.1, 0.15) is 0 Å². The Hall–Kier alpha value is -4.53. The van der Waals surface area contributed by atoms with E-state index in [0.717, 1.165) is 11.8 Å². The Morgan fingerprint density at radius 1 is 0.475 bits per heavy atom. The van der Waals surface area contributed by atoms with Gasteiger partial charge >= 0.3 is 0 Å². The lowest BCUT2D eigenvalue weighted by Gasteiger charge is -2.63. The van der Waals surface area contributed by atoms with Crippen LogP contribution in [0, 0.1) is 23.7 Å². The van der Waals surface area contributed by atoms with Gasteiger partial charge in [-0.2, -0.15) is 0 Å². The lowest BCUT2D eigenvalue weighted by molar-refractivity contribution is -0.0443. The van der Waals surface area contributed by atoms with E-state index < -0.39 is 0 Å². The lowest BCUT2D eigenvalue weighted by atomic mass is 9.42. The highest BCUT2D eigenvalue weighted by molar-refractivity contribution is 7.99. The zero-order valence-corrected chi connectivity index (χ0v) is 36.6. The average Bonchev–Trinajstić information content (AvgIpc) is 3.46. The molecule has 0 atom stereocenters. The monoisotopic (exact) mass is 787 g/mol. The van der Waals surface area contributed by atoms with Crippen molar-refractivity contribution in [3.63, 3.8) is 0 Å². The Bertz CT molecular complexity index is 2670. The van der Waals surface area contributed by atoms with Crippen LogP contribution in [0.3, 0.4) is 0 Å². The van der Waals surface area contributed by atoms with Crippen molar-refractivity contribution in [2.24, 2.45) is 23.7 Å². The third-order valence-corrected chi connectivity index (χ3v) is 17.9. The fraction of sp³-hybridized carbons (Fsp3) is 0.368. The van der Waals surface area contributed by atoms with E-state index in [4.69, 9.17) is 0 Å². The molecular weight excluding hydrogens is 731 g/mol. The quantitative estimate of drug-likeness (QED) is 0.175. The SMILES string of the molecule is CC1(C)CCC(C)(C)c2c(N(c3ccc4c(c3)C(C)(C)c3ccccc3-4)c3ccc4c(c3)C3(c5cc(-c6ccccc6)ccc5S4)C4CC5CC(C4)CC3C5)cccc21. The molecule has 1 aliphatic heterocycles. The molecule has 0 N–H and O–H groups in total. The van der Waals surface area contributed by atoms with Gasteiger partial charge in [-0.05, 0) is 184 Å². The Labute approximate surface area is 356 Å². The Morgan fingerprint density at radius 3 is 1.81 bits per heavy atom. The second kappa shape index (κ2) is 12.5. The summed E-state index contributed by atoms with van der Waals surface area (Å²) in [6.07, 6.45) is 9.33. The number of rotatable bonds is 4. The van der Waals surface area contributed by atoms with Gasteiger partial charge in [-0.25, -0.2) is 0 Å². The lowest BCUT2D eigenvalue weighted by Crippen LogP contribution is -2.57. The van der Waals surface area contributed by atoms with Gasteiger partial charge in [-0.1, -0.05) is 132 Å². The van der Waals surface area contributed by atoms with Gasteiger partial charge in [0.15, 0.2) is 0 Å². The average molecular weight is 788 g/mol. The van der Waals surface area contributed by atoms with Crippen LogP contribution in [0.25, 0.3) is 22.3 Å². The molecule has 296 valence electrons. The molecule has 13 rings (SSSR count). The zero-order valence-electron chi connectivity index (χ0n) is 35.7. The van der Waals surface area contributed by atoms with Crippen LogP contribution >= 0.6 is 11.8 Å². The van der Waals surface area contributed by atoms with Gasteiger partial charge in [0.05, 0.1) is 5.69 Å². The molecule has 4 bridgehead atoms. The number of nitrogens with zero attached hydrogens (tertiary/aromatic N) is 1. The summed E-state index contributed by atoms with van der Waals surface area (Å²) in [4.78, 5) is 5.66. The number of benzene rings is 6. The topological polar surface area (TPSA) is 3.24 Å². The predicted octanol–water partition coefficient (Wildman–Crippen LogP) is 15.7. The fourth-order valence-electron chi connectivity index (χ4n) is 14.0. The summed E-state index contributed by atoms with van der Waals surface area (Å²) >= 11 is 2.03. The summed E-state index contributed by atoms with van der Waals surface area (Å²) in [7, 11) is 0. The first-order chi connectivity index (χ1) is 28.4. The largest absolute Gasteiger partial charge is 0.310 e. The normalized spacial score (nSPS) is 26.7. The van der Waals surface area contributed by atoms with E-state index in [2.05, 4.69) is 174 Å². The maximum absolute atomic E-state index is 2.72. The molecule has 1 spiro atoms. The minimum atomic E-state index is -0.0813. The summed E-state index contributed by atoms with van der Waals surface area (Å²) in [6, 6.07) is 50.1. The van der Waals surface area contributed by atoms with Crippen LogP contribution in [0.15, 0.2) is 137 Å². The van der Waals surface area contributed by atoms with Crippen molar-refractivity contribution < 1.29 is 0 Å². The van der Waals surface area contributed by atoms with Crippen molar-refractivity contribution in [2.75, 3.05) is 4.90 Å². The van der Waals surface area contributed by atoms with Crippen LogP contribution < -0.4 is 4.90 Å². The molecular formula is C57H57NS. The summed E-state index contributed by atoms with van der Waals surface area (Å²) in [6.45, 7) is 14.8. The first-order valence-electron chi connectivity index (χ1n) is 22.6. The van der Waals surface area contributed by atoms with E-state index in [9.17, 15) is 0 Å². The summed E-state index contributed by atoms with van der Waals surface area (Å²) in [5.74, 6) is 3.13. The molecule has 4 fully saturated rings. The van der Waals surface area contributed by atoms with E-state index in [0.29, 0.717) is 11.8 Å². The van der Waals surface area contributed by atoms with Gasteiger partial charge in [-0.3, -0.25) is 0 Å². The van der Waals surface area contributed by atoms with E-state index >= 15 is 0 Å². The standard InChI is InChI=1S/C57H57NS/c1-54(2)25-26-55(3,4)53-46(54)17-12-18-50(53)58(41-20-22-44-43-15-10-11-16-45(43)56(5,6)47(44)33-41)42-21-24-52-49(34-42)57(39-28-35-27-36(30-39)31-40(57)29-35)48-32-38(19-23-51(48)59-52)37-13-8-7-9-14-37/h7-24,32-36,39-40H,25-31H2,1-6H3. The highest BCUT2D eigenvalue weighted by Gasteiger charge is 2.61. The Balaban J connectivity index is 1.11. The summed E-state index contributed by atoms with van der Waals surface area (Å²) in [5, 5.41) is 0. The third-order valence-electron chi connectivity index (χ3n) is 16.7. The molecule has 7 aliphatic rings. The summed E-state index contributed by atoms with van der Waals surface area (Å²) in [5.41, 5.74) is 18.6. The fourth-order valence-corrected chi connectivity index (χ4v) is 15.2. The molecule has 59 heavy (non-hydrogen) atoms. The minimum absolute atomic E-state index is 0.0226. The Kier molecular flexibility index (Phi) is 7.70. The molecule has 6 aromatic rings. The molecule has 1 nitrogen and oxygen atoms in total. The van der Waals surface area contributed by atoms with Crippen LogP contribution in [0.1, 0.15) is 120 Å². The van der Waals surface area contributed by atoms with Crippen molar-refractivity contribution in [3.05, 3.63) is 161 Å². The molecule has 6 aromatic carbocycles. The maximum Gasteiger partial charge on any atom is 0.0502 e. The van der Waals surface area contributed by atoms with Crippen LogP contribution in [-0.2, 0) is 21.7 Å². The molecule has 1 heterocycles. The molecule has 4 saturated carbocycles. The van der Waals surface area contributed by atoms with Crippen LogP contribution in [0.2, 0.25) is 0 Å². The van der Waals surface area contributed by atoms with Crippen molar-refractivity contribution in [1.82, 2.24) is 0 Å². The van der Waals surface area contributed by atoms with Gasteiger partial charge < -0.3 is 4.90 Å². The molecule has 0 amide bonds. The molecule has 0 saturated heterocycles. The van der Waals surface area contributed by atoms with Crippen molar-refractivity contribution in [2.45, 2.75) is 118 Å². The number of hydrogen-bond donors (Lipinski definition) is 0. The van der Waals surface area contributed by atoms with Crippen molar-refractivity contribution in [1.29, 1.82) is 0 Å². The third kappa shape index (κ3) is 5.11. The van der Waals surface area contributed by atoms with Gasteiger partial charge in [0.2, 0.25) is 0 Å². The van der Waals surface area contributed by atoms with Crippen LogP contribution in [-0.4, -0.2) is 0 Å². The second-order valence-corrected chi connectivity index (χ2v) is 22.3. The number of anilines is 3. The van der Waals surface area contributed by atoms with Crippen molar-refractivity contribution >= 4 is 28.8 Å². The smallest absolute Gasteiger partial charge is 0.0502 e. The Morgan fingerprint density at radius 2 is 1.07 bits per heavy atom. The summed E-state index contributed by atoms with van der Waals surface area (Å²) < 4.78 is 0. The molecule has 2 heteroatoms. The van der Waals surface area contributed by atoms with Gasteiger partial charge in [0.25, 0.3) is 0 Å². The number of fused-ring (bicyclic) bond motifs is 6. The van der Waals surface area contributed by atoms with Gasteiger partial charge in [-0.15, -0.1) is 0 Å². The van der Waals surface area contributed by atoms with E-state index in [-0.39, 0.29) is 21.7 Å². The van der Waals surface area contributed by atoms with Crippen molar-refractivity contribution in [3.8, 4) is 22.3 Å². The van der Waals surface area contributed by atoms with E-state index in [1.165, 1.54) is 116 Å². The first kappa shape index (κ1) is 36.3. The van der Waals surface area contributed by atoms with E-state index in [1.807, 2.05) is 11.8 Å². The predicted molar refractivity (Wildman–Crippen MR) is 248 cm³/mol. The van der Waals surface area contributed by atoms with Gasteiger partial charge in [0, 0.05) is 32.0 Å². The number of hydrogen-bond acceptors (Lipinski definition) is 2. The molecule has 6 aliphatic carbocycles. The maximum atomic E-state index is 2.72. The van der Waals surface area contributed by atoms with Crippen LogP contribution in [0.4, 0.5) is 17.1 Å². The van der Waals surface area contributed by atoms with E-state index in [1.54, 1.807) is 11.1 Å².